The predicted octanol–water partition coefficient (Wildman–Crippen LogP) is 1.20. The van der Waals surface area contributed by atoms with E-state index in [1.165, 1.54) is 0 Å². The Bertz CT molecular complexity index is 19.2. The minimum absolute atomic E-state index is 0.292. The third-order valence-electron chi connectivity index (χ3n) is 0.0412. The van der Waals surface area contributed by atoms with Crippen LogP contribution in [0.4, 0.5) is 8.78 Å². The Morgan fingerprint density at radius 3 is 2.00 bits per heavy atom. The minimum atomic E-state index is -0.292. The molecule has 1 radical (unpaired) electrons. The van der Waals surface area contributed by atoms with Crippen molar-refractivity contribution >= 4 is 0 Å². The van der Waals surface area contributed by atoms with Crippen molar-refractivity contribution in [3.63, 3.8) is 0 Å². The molecule has 0 bridgehead atoms. The highest BCUT2D eigenvalue weighted by Gasteiger charge is 1.46. The number of halogens is 2. The van der Waals surface area contributed by atoms with Gasteiger partial charge in [-0.15, -0.1) is 0 Å². The molecule has 2 heteroatoms. The summed E-state index contributed by atoms with van der Waals surface area (Å²) in [5.41, 5.74) is 0. The SMILES string of the molecule is F[C]=CF. The van der Waals surface area contributed by atoms with Crippen molar-refractivity contribution in [1.82, 2.24) is 0 Å². The molecule has 0 saturated heterocycles. The third-order valence-corrected chi connectivity index (χ3v) is 0.0412. The number of rotatable bonds is 0. The summed E-state index contributed by atoms with van der Waals surface area (Å²) in [6.07, 6.45) is 0.347. The second-order valence-corrected chi connectivity index (χ2v) is 0.218. The average molecular weight is 63.0 g/mol. The molecular formula is C2HF2. The van der Waals surface area contributed by atoms with Crippen molar-refractivity contribution in [3.8, 4) is 0 Å². The minimum Gasteiger partial charge on any atom is -0.212 e. The van der Waals surface area contributed by atoms with E-state index >= 15 is 0 Å². The van der Waals surface area contributed by atoms with Gasteiger partial charge in [0.05, 0.1) is 0 Å². The van der Waals surface area contributed by atoms with E-state index in [9.17, 15) is 8.78 Å². The average Bonchev–Trinajstić information content (AvgIpc) is 1.37. The Labute approximate surface area is 22.7 Å². The van der Waals surface area contributed by atoms with E-state index in [4.69, 9.17) is 0 Å². The quantitative estimate of drug-likeness (QED) is 0.396. The molecule has 4 heavy (non-hydrogen) atoms. The van der Waals surface area contributed by atoms with Crippen LogP contribution in [-0.4, -0.2) is 0 Å². The van der Waals surface area contributed by atoms with Gasteiger partial charge in [0.25, 0.3) is 0 Å². The molecule has 0 aromatic heterocycles. The van der Waals surface area contributed by atoms with Gasteiger partial charge in [-0.1, -0.05) is 0 Å². The van der Waals surface area contributed by atoms with Crippen LogP contribution in [0.2, 0.25) is 0 Å². The summed E-state index contributed by atoms with van der Waals surface area (Å²) in [6.45, 7) is 0. The molecule has 0 heterocycles. The summed E-state index contributed by atoms with van der Waals surface area (Å²) in [5.74, 6) is 0. The van der Waals surface area contributed by atoms with Gasteiger partial charge in [0.15, 0.2) is 6.33 Å². The molecule has 0 aromatic rings. The van der Waals surface area contributed by atoms with E-state index in [2.05, 4.69) is 0 Å². The van der Waals surface area contributed by atoms with E-state index in [0.29, 0.717) is 6.33 Å². The van der Waals surface area contributed by atoms with E-state index in [1.807, 2.05) is 0 Å². The molecule has 23 valence electrons. The largest absolute Gasteiger partial charge is 0.212 e. The summed E-state index contributed by atoms with van der Waals surface area (Å²) in [4.78, 5) is 0. The first-order chi connectivity index (χ1) is 1.91. The van der Waals surface area contributed by atoms with Gasteiger partial charge in [-0.25, -0.2) is 8.78 Å². The smallest absolute Gasteiger partial charge is 0.189 e. The monoisotopic (exact) mass is 63.0 g/mol. The van der Waals surface area contributed by atoms with E-state index in [1.54, 1.807) is 0 Å². The fourth-order valence-electron chi connectivity index (χ4n) is 0. The predicted molar refractivity (Wildman–Crippen MR) is 10.0 cm³/mol. The molecule has 0 N–H and O–H groups in total. The van der Waals surface area contributed by atoms with Crippen LogP contribution in [0.5, 0.6) is 0 Å². The van der Waals surface area contributed by atoms with Gasteiger partial charge in [-0.2, -0.15) is 0 Å². The topological polar surface area (TPSA) is 0 Å². The highest BCUT2D eigenvalue weighted by molar-refractivity contribution is 4.40. The standard InChI is InChI=1S/C2HF2/c3-1-2-4/h1H. The molecule has 0 fully saturated rings. The molecule has 0 aromatic carbocycles. The Morgan fingerprint density at radius 1 is 1.75 bits per heavy atom. The molecule has 0 spiro atoms. The lowest BCUT2D eigenvalue weighted by atomic mass is 11.2. The molecule has 0 rings (SSSR count). The van der Waals surface area contributed by atoms with Crippen LogP contribution in [0.1, 0.15) is 0 Å². The van der Waals surface area contributed by atoms with Crippen LogP contribution in [0.25, 0.3) is 0 Å². The summed E-state index contributed by atoms with van der Waals surface area (Å²) >= 11 is 0. The van der Waals surface area contributed by atoms with Crippen molar-refractivity contribution in [3.05, 3.63) is 12.7 Å². The molecule has 0 aliphatic carbocycles. The van der Waals surface area contributed by atoms with Gasteiger partial charge in [-0.05, 0) is 0 Å². The van der Waals surface area contributed by atoms with Crippen molar-refractivity contribution in [2.24, 2.45) is 0 Å². The fourth-order valence-corrected chi connectivity index (χ4v) is 0. The zero-order valence-corrected chi connectivity index (χ0v) is 1.83. The molecular weight excluding hydrogens is 62.0 g/mol. The van der Waals surface area contributed by atoms with Crippen molar-refractivity contribution in [1.29, 1.82) is 0 Å². The first-order valence-electron chi connectivity index (χ1n) is 0.696. The van der Waals surface area contributed by atoms with Crippen molar-refractivity contribution in [2.45, 2.75) is 0 Å². The maximum absolute atomic E-state index is 10.1. The maximum Gasteiger partial charge on any atom is 0.189 e. The molecule has 0 saturated carbocycles. The molecule has 0 nitrogen and oxygen atoms in total. The van der Waals surface area contributed by atoms with Gasteiger partial charge in [0.2, 0.25) is 0 Å². The Balaban J connectivity index is 2.55. The van der Waals surface area contributed by atoms with Crippen LogP contribution in [0.15, 0.2) is 6.33 Å². The highest BCUT2D eigenvalue weighted by atomic mass is 19.2. The van der Waals surface area contributed by atoms with Crippen molar-refractivity contribution in [2.75, 3.05) is 0 Å². The molecule has 0 aliphatic heterocycles. The lowest BCUT2D eigenvalue weighted by molar-refractivity contribution is 0.618. The second kappa shape index (κ2) is 2.60. The second-order valence-electron chi connectivity index (χ2n) is 0.218. The van der Waals surface area contributed by atoms with Crippen LogP contribution in [0, 0.1) is 6.33 Å². The number of hydrogen-bond donors (Lipinski definition) is 0. The first-order valence-corrected chi connectivity index (χ1v) is 0.696. The summed E-state index contributed by atoms with van der Waals surface area (Å²) in [7, 11) is 0. The highest BCUT2D eigenvalue weighted by Crippen LogP contribution is 1.65. The first kappa shape index (κ1) is 3.60. The maximum atomic E-state index is 10.1. The molecule has 0 unspecified atom stereocenters. The van der Waals surface area contributed by atoms with Gasteiger partial charge in [-0.3, -0.25) is 0 Å². The van der Waals surface area contributed by atoms with Crippen LogP contribution in [0.3, 0.4) is 0 Å². The van der Waals surface area contributed by atoms with Crippen molar-refractivity contribution < 1.29 is 8.78 Å². The van der Waals surface area contributed by atoms with Gasteiger partial charge in [0, 0.05) is 0 Å². The zero-order chi connectivity index (χ0) is 3.41. The zero-order valence-electron chi connectivity index (χ0n) is 1.83. The Morgan fingerprint density at radius 2 is 2.00 bits per heavy atom. The van der Waals surface area contributed by atoms with Gasteiger partial charge < -0.3 is 0 Å². The Hall–Kier alpha value is -0.400. The van der Waals surface area contributed by atoms with Crippen LogP contribution >= 0.6 is 0 Å². The van der Waals surface area contributed by atoms with E-state index in [0.717, 1.165) is 0 Å². The van der Waals surface area contributed by atoms with Crippen LogP contribution < -0.4 is 0 Å². The van der Waals surface area contributed by atoms with Gasteiger partial charge >= 0.3 is 0 Å². The normalized spacial score (nSPS) is 9.50. The van der Waals surface area contributed by atoms with Gasteiger partial charge in [0.1, 0.15) is 6.33 Å². The molecule has 0 aliphatic rings. The summed E-state index contributed by atoms with van der Waals surface area (Å²) in [5, 5.41) is 0. The lowest BCUT2D eigenvalue weighted by Gasteiger charge is -1.39. The van der Waals surface area contributed by atoms with E-state index < -0.39 is 0 Å². The lowest BCUT2D eigenvalue weighted by Crippen LogP contribution is -1.20. The van der Waals surface area contributed by atoms with E-state index in [-0.39, 0.29) is 6.33 Å². The summed E-state index contributed by atoms with van der Waals surface area (Å²) < 4.78 is 20.2. The number of hydrogen-bond acceptors (Lipinski definition) is 0. The molecule has 0 atom stereocenters. The molecule has 0 amide bonds. The van der Waals surface area contributed by atoms with Crippen LogP contribution in [-0.2, 0) is 0 Å². The third kappa shape index (κ3) is 1.60. The Kier molecular flexibility index (Phi) is 2.34. The summed E-state index contributed by atoms with van der Waals surface area (Å²) in [6, 6.07) is 0. The fraction of sp³-hybridized carbons (Fsp3) is 0.